The predicted molar refractivity (Wildman–Crippen MR) is 96.5 cm³/mol. The molecule has 0 amide bonds. The molecule has 0 nitrogen and oxygen atoms in total. The molecule has 0 atom stereocenters. The highest BCUT2D eigenvalue weighted by atomic mass is 35.8. The number of hydrogen-bond acceptors (Lipinski definition) is 0. The number of allylic oxidation sites excluding steroid dienone is 1. The van der Waals surface area contributed by atoms with Crippen LogP contribution in [0.2, 0.25) is 12.1 Å². The number of rotatable bonds is 5. The lowest BCUT2D eigenvalue weighted by molar-refractivity contribution is 1.41. The Morgan fingerprint density at radius 1 is 0.833 bits per heavy atom. The molecule has 0 aromatic carbocycles. The average Bonchev–Trinajstić information content (AvgIpc) is 2.34. The van der Waals surface area contributed by atoms with Crippen LogP contribution in [-0.2, 0) is 0 Å². The maximum atomic E-state index is 5.39. The van der Waals surface area contributed by atoms with Crippen molar-refractivity contribution in [3.05, 3.63) is 49.5 Å². The van der Waals surface area contributed by atoms with Gasteiger partial charge in [-0.25, -0.2) is 0 Å². The maximum absolute atomic E-state index is 5.39. The Bertz CT molecular complexity index is 223. The van der Waals surface area contributed by atoms with Crippen molar-refractivity contribution < 1.29 is 0 Å². The number of halogens is 3. The Kier molecular flexibility index (Phi) is 17.8. The second-order valence-electron chi connectivity index (χ2n) is 3.46. The van der Waals surface area contributed by atoms with Crippen molar-refractivity contribution in [2.75, 3.05) is 0 Å². The third kappa shape index (κ3) is 16.3. The van der Waals surface area contributed by atoms with Crippen LogP contribution in [0.1, 0.15) is 20.8 Å². The van der Waals surface area contributed by atoms with Gasteiger partial charge in [-0.15, -0.1) is 59.6 Å². The lowest BCUT2D eigenvalue weighted by Gasteiger charge is -2.15. The van der Waals surface area contributed by atoms with E-state index in [9.17, 15) is 0 Å². The summed E-state index contributed by atoms with van der Waals surface area (Å²) < 4.78 is 0. The van der Waals surface area contributed by atoms with E-state index < -0.39 is 14.1 Å². The molecule has 0 fully saturated rings. The minimum Gasteiger partial charge on any atom is -0.126 e. The summed E-state index contributed by atoms with van der Waals surface area (Å²) in [7, 11) is -1.40. The van der Waals surface area contributed by atoms with Gasteiger partial charge >= 0.3 is 6.00 Å². The lowest BCUT2D eigenvalue weighted by Crippen LogP contribution is -2.24. The molecule has 0 aliphatic carbocycles. The van der Waals surface area contributed by atoms with E-state index in [0.717, 1.165) is 6.04 Å². The fourth-order valence-electron chi connectivity index (χ4n) is 0.683. The van der Waals surface area contributed by atoms with E-state index in [2.05, 4.69) is 33.2 Å². The van der Waals surface area contributed by atoms with Gasteiger partial charge in [0.15, 0.2) is 0 Å². The Morgan fingerprint density at radius 3 is 1.06 bits per heavy atom. The molecule has 0 aliphatic rings. The molecule has 18 heavy (non-hydrogen) atoms. The molecule has 0 N–H and O–H groups in total. The summed E-state index contributed by atoms with van der Waals surface area (Å²) in [5.74, 6) is 0. The van der Waals surface area contributed by atoms with E-state index in [0.29, 0.717) is 6.04 Å². The van der Waals surface area contributed by atoms with E-state index >= 15 is 0 Å². The maximum Gasteiger partial charge on any atom is 0.341 e. The normalized spacial score (nSPS) is 9.89. The average molecular weight is 344 g/mol. The van der Waals surface area contributed by atoms with Gasteiger partial charge in [-0.3, -0.25) is 0 Å². The Labute approximate surface area is 129 Å². The van der Waals surface area contributed by atoms with Crippen LogP contribution >= 0.6 is 33.2 Å². The Balaban J connectivity index is -0.000000216. The van der Waals surface area contributed by atoms with Gasteiger partial charge in [-0.2, -0.15) is 0 Å². The molecule has 0 saturated carbocycles. The van der Waals surface area contributed by atoms with Crippen LogP contribution in [0.5, 0.6) is 0 Å². The van der Waals surface area contributed by atoms with Crippen molar-refractivity contribution in [1.82, 2.24) is 0 Å². The van der Waals surface area contributed by atoms with Crippen LogP contribution in [0, 0.1) is 0 Å². The van der Waals surface area contributed by atoms with Crippen molar-refractivity contribution in [3.8, 4) is 0 Å². The summed E-state index contributed by atoms with van der Waals surface area (Å²) in [6, 6.07) is -0.380. The quantitative estimate of drug-likeness (QED) is 0.304. The molecule has 0 heterocycles. The van der Waals surface area contributed by atoms with Crippen LogP contribution in [0.15, 0.2) is 49.5 Å². The van der Waals surface area contributed by atoms with Gasteiger partial charge in [0.2, 0.25) is 0 Å². The van der Waals surface area contributed by atoms with Crippen LogP contribution in [-0.4, -0.2) is 14.1 Å². The van der Waals surface area contributed by atoms with Gasteiger partial charge in [-0.05, 0) is 19.0 Å². The second kappa shape index (κ2) is 13.7. The molecule has 0 spiro atoms. The number of hydrogen-bond donors (Lipinski definition) is 0. The van der Waals surface area contributed by atoms with E-state index in [-0.39, 0.29) is 0 Å². The first-order valence-corrected chi connectivity index (χ1v) is 13.4. The van der Waals surface area contributed by atoms with Gasteiger partial charge in [0, 0.05) is 0 Å². The van der Waals surface area contributed by atoms with Gasteiger partial charge in [0.25, 0.3) is 0 Å². The van der Waals surface area contributed by atoms with Crippen molar-refractivity contribution in [1.29, 1.82) is 0 Å². The molecule has 0 saturated heterocycles. The summed E-state index contributed by atoms with van der Waals surface area (Å²) >= 11 is 16.2. The summed E-state index contributed by atoms with van der Waals surface area (Å²) in [4.78, 5) is 0. The smallest absolute Gasteiger partial charge is 0.126 e. The highest BCUT2D eigenvalue weighted by molar-refractivity contribution is 7.64. The summed E-state index contributed by atoms with van der Waals surface area (Å²) in [6.45, 7) is 20.6. The van der Waals surface area contributed by atoms with Crippen molar-refractivity contribution in [2.45, 2.75) is 32.9 Å². The standard InChI is InChI=1S/C8H14Si.C3H6.C2H5Cl3Si/c1-5-9(6-2,7-3)8-4;1-3-2;1-2-6(3,4)5/h5-7H,1-3,8H2,4H3;3H,1H2,2H3;2H2,1H3. The second-order valence-corrected chi connectivity index (χ2v) is 17.1. The minimum absolute atomic E-state index is 0.706. The lowest BCUT2D eigenvalue weighted by atomic mass is 10.8. The summed E-state index contributed by atoms with van der Waals surface area (Å²) in [6.07, 6.45) is 1.75. The monoisotopic (exact) mass is 342 g/mol. The Morgan fingerprint density at radius 2 is 1.06 bits per heavy atom. The highest BCUT2D eigenvalue weighted by Crippen LogP contribution is 2.23. The van der Waals surface area contributed by atoms with Gasteiger partial charge in [-0.1, -0.05) is 37.0 Å². The van der Waals surface area contributed by atoms with Gasteiger partial charge in [0.1, 0.15) is 8.07 Å². The molecule has 0 rings (SSSR count). The predicted octanol–water partition coefficient (Wildman–Crippen LogP) is 6.48. The Hall–Kier alpha value is 0.264. The van der Waals surface area contributed by atoms with Crippen LogP contribution < -0.4 is 0 Å². The van der Waals surface area contributed by atoms with Gasteiger partial charge in [0.05, 0.1) is 0 Å². The van der Waals surface area contributed by atoms with E-state index in [1.54, 1.807) is 6.08 Å². The largest absolute Gasteiger partial charge is 0.341 e. The molecule has 0 radical (unpaired) electrons. The summed E-state index contributed by atoms with van der Waals surface area (Å²) in [5, 5.41) is 0. The molecule has 0 bridgehead atoms. The van der Waals surface area contributed by atoms with Gasteiger partial charge < -0.3 is 0 Å². The zero-order valence-electron chi connectivity index (χ0n) is 11.7. The zero-order chi connectivity index (χ0) is 15.2. The molecule has 0 aromatic rings. The molecule has 5 heteroatoms. The minimum atomic E-state index is -2.21. The third-order valence-corrected chi connectivity index (χ3v) is 8.87. The van der Waals surface area contributed by atoms with E-state index in [1.807, 2.05) is 30.9 Å². The first-order valence-electron chi connectivity index (χ1n) is 5.76. The van der Waals surface area contributed by atoms with Crippen molar-refractivity contribution in [2.24, 2.45) is 0 Å². The van der Waals surface area contributed by atoms with E-state index in [4.69, 9.17) is 33.2 Å². The fourth-order valence-corrected chi connectivity index (χ4v) is 2.05. The first-order chi connectivity index (χ1) is 8.22. The molecular formula is C13H25Cl3Si2. The van der Waals surface area contributed by atoms with Crippen LogP contribution in [0.25, 0.3) is 0 Å². The molecule has 106 valence electrons. The van der Waals surface area contributed by atoms with Crippen LogP contribution in [0.3, 0.4) is 0 Å². The third-order valence-electron chi connectivity index (χ3n) is 2.15. The van der Waals surface area contributed by atoms with E-state index in [1.165, 1.54) is 0 Å². The SMILES string of the molecule is C=CC.C=C[Si](C=C)(C=C)CC.CC[Si](Cl)(Cl)Cl. The van der Waals surface area contributed by atoms with Crippen molar-refractivity contribution >= 4 is 47.3 Å². The zero-order valence-corrected chi connectivity index (χ0v) is 16.0. The molecule has 0 aliphatic heterocycles. The highest BCUT2D eigenvalue weighted by Gasteiger charge is 2.20. The first kappa shape index (κ1) is 23.4. The summed E-state index contributed by atoms with van der Waals surface area (Å²) in [5.41, 5.74) is 6.02. The van der Waals surface area contributed by atoms with Crippen LogP contribution in [0.4, 0.5) is 0 Å². The van der Waals surface area contributed by atoms with Crippen molar-refractivity contribution in [3.63, 3.8) is 0 Å². The molecular weight excluding hydrogens is 319 g/mol. The molecule has 0 unspecified atom stereocenters. The molecule has 0 aromatic heterocycles. The topological polar surface area (TPSA) is 0 Å². The fraction of sp³-hybridized carbons (Fsp3) is 0.385.